The van der Waals surface area contributed by atoms with Gasteiger partial charge in [0.2, 0.25) is 5.91 Å². The first kappa shape index (κ1) is 16.4. The molecule has 0 aromatic heterocycles. The molecule has 2 N–H and O–H groups in total. The second kappa shape index (κ2) is 8.46. The van der Waals surface area contributed by atoms with Gasteiger partial charge in [0.15, 0.2) is 0 Å². The normalized spacial score (nSPS) is 12.0. The summed E-state index contributed by atoms with van der Waals surface area (Å²) in [6.45, 7) is 3.32. The van der Waals surface area contributed by atoms with Crippen molar-refractivity contribution < 1.29 is 29.0 Å². The van der Waals surface area contributed by atoms with Gasteiger partial charge in [-0.05, 0) is 20.3 Å². The fourth-order valence-electron chi connectivity index (χ4n) is 1.10. The van der Waals surface area contributed by atoms with E-state index in [0.29, 0.717) is 0 Å². The van der Waals surface area contributed by atoms with Gasteiger partial charge in [-0.15, -0.1) is 0 Å². The minimum Gasteiger partial charge on any atom is -0.480 e. The van der Waals surface area contributed by atoms with E-state index >= 15 is 0 Å². The molecule has 0 spiro atoms. The van der Waals surface area contributed by atoms with E-state index in [-0.39, 0.29) is 25.6 Å². The summed E-state index contributed by atoms with van der Waals surface area (Å²) in [4.78, 5) is 33.1. The number of amides is 1. The summed E-state index contributed by atoms with van der Waals surface area (Å²) in [6, 6.07) is -1.12. The van der Waals surface area contributed by atoms with Crippen LogP contribution in [0.2, 0.25) is 0 Å². The molecule has 18 heavy (non-hydrogen) atoms. The average Bonchev–Trinajstić information content (AvgIpc) is 2.30. The number of carbonyl (C=O) groups is 3. The Morgan fingerprint density at radius 1 is 1.28 bits per heavy atom. The van der Waals surface area contributed by atoms with E-state index < -0.39 is 23.9 Å². The van der Waals surface area contributed by atoms with Gasteiger partial charge in [-0.2, -0.15) is 0 Å². The smallest absolute Gasteiger partial charge is 0.326 e. The lowest BCUT2D eigenvalue weighted by Gasteiger charge is -2.14. The predicted octanol–water partition coefficient (Wildman–Crippen LogP) is -0.0660. The lowest BCUT2D eigenvalue weighted by molar-refractivity contribution is -0.144. The fourth-order valence-corrected chi connectivity index (χ4v) is 1.10. The van der Waals surface area contributed by atoms with Crippen molar-refractivity contribution in [3.05, 3.63) is 0 Å². The third-order valence-electron chi connectivity index (χ3n) is 2.05. The molecular weight excluding hydrogens is 242 g/mol. The first-order valence-corrected chi connectivity index (χ1v) is 5.57. The molecule has 0 aromatic rings. The maximum Gasteiger partial charge on any atom is 0.326 e. The highest BCUT2D eigenvalue weighted by Crippen LogP contribution is 2.00. The topological polar surface area (TPSA) is 102 Å². The maximum absolute atomic E-state index is 11.4. The van der Waals surface area contributed by atoms with Crippen LogP contribution in [0, 0.1) is 0 Å². The van der Waals surface area contributed by atoms with E-state index in [4.69, 9.17) is 9.84 Å². The summed E-state index contributed by atoms with van der Waals surface area (Å²) < 4.78 is 9.43. The standard InChI is InChI=1S/C11H19NO6/c1-7(2)18-6-9(13)12-8(11(15)16)4-5-10(14)17-3/h7-8H,4-6H2,1-3H3,(H,12,13)(H,15,16)/t8-/m0/s1. The first-order chi connectivity index (χ1) is 8.36. The van der Waals surface area contributed by atoms with Crippen molar-refractivity contribution in [1.29, 1.82) is 0 Å². The Morgan fingerprint density at radius 3 is 2.33 bits per heavy atom. The summed E-state index contributed by atoms with van der Waals surface area (Å²) in [5.41, 5.74) is 0. The lowest BCUT2D eigenvalue weighted by Crippen LogP contribution is -2.43. The largest absolute Gasteiger partial charge is 0.480 e. The number of methoxy groups -OCH3 is 1. The molecule has 0 rings (SSSR count). The highest BCUT2D eigenvalue weighted by Gasteiger charge is 2.21. The van der Waals surface area contributed by atoms with Crippen molar-refractivity contribution >= 4 is 17.8 Å². The van der Waals surface area contributed by atoms with E-state index in [1.54, 1.807) is 13.8 Å². The van der Waals surface area contributed by atoms with Crippen molar-refractivity contribution in [2.75, 3.05) is 13.7 Å². The van der Waals surface area contributed by atoms with Gasteiger partial charge >= 0.3 is 11.9 Å². The van der Waals surface area contributed by atoms with Crippen LogP contribution < -0.4 is 5.32 Å². The molecule has 0 aliphatic heterocycles. The molecule has 1 amide bonds. The van der Waals surface area contributed by atoms with Crippen LogP contribution in [0.1, 0.15) is 26.7 Å². The van der Waals surface area contributed by atoms with E-state index in [0.717, 1.165) is 0 Å². The number of ether oxygens (including phenoxy) is 2. The van der Waals surface area contributed by atoms with Gasteiger partial charge < -0.3 is 19.9 Å². The predicted molar refractivity (Wildman–Crippen MR) is 61.9 cm³/mol. The highest BCUT2D eigenvalue weighted by atomic mass is 16.5. The molecule has 0 aliphatic carbocycles. The van der Waals surface area contributed by atoms with Crippen molar-refractivity contribution in [2.45, 2.75) is 38.8 Å². The van der Waals surface area contributed by atoms with Gasteiger partial charge in [0.25, 0.3) is 0 Å². The monoisotopic (exact) mass is 261 g/mol. The molecule has 0 saturated carbocycles. The van der Waals surface area contributed by atoms with Crippen molar-refractivity contribution in [3.63, 3.8) is 0 Å². The molecule has 0 radical (unpaired) electrons. The lowest BCUT2D eigenvalue weighted by atomic mass is 10.1. The number of aliphatic carboxylic acids is 1. The van der Waals surface area contributed by atoms with E-state index in [1.807, 2.05) is 0 Å². The number of hydrogen-bond acceptors (Lipinski definition) is 5. The van der Waals surface area contributed by atoms with Gasteiger partial charge in [0.1, 0.15) is 12.6 Å². The molecule has 104 valence electrons. The van der Waals surface area contributed by atoms with Crippen LogP contribution in [0.5, 0.6) is 0 Å². The molecule has 0 bridgehead atoms. The van der Waals surface area contributed by atoms with Crippen LogP contribution in [-0.4, -0.2) is 48.8 Å². The fraction of sp³-hybridized carbons (Fsp3) is 0.727. The Bertz CT molecular complexity index is 302. The molecule has 0 saturated heterocycles. The zero-order valence-electron chi connectivity index (χ0n) is 10.8. The van der Waals surface area contributed by atoms with E-state index in [1.165, 1.54) is 7.11 Å². The molecule has 0 aliphatic rings. The molecular formula is C11H19NO6. The maximum atomic E-state index is 11.4. The Kier molecular flexibility index (Phi) is 7.69. The summed E-state index contributed by atoms with van der Waals surface area (Å²) in [6.07, 6.45) is -0.206. The number of esters is 1. The molecule has 7 heteroatoms. The molecule has 1 atom stereocenters. The molecule has 0 aromatic carbocycles. The number of hydrogen-bond donors (Lipinski definition) is 2. The molecule has 0 fully saturated rings. The number of carboxylic acids is 1. The summed E-state index contributed by atoms with van der Waals surface area (Å²) >= 11 is 0. The zero-order valence-corrected chi connectivity index (χ0v) is 10.8. The molecule has 7 nitrogen and oxygen atoms in total. The number of rotatable bonds is 8. The first-order valence-electron chi connectivity index (χ1n) is 5.57. The quantitative estimate of drug-likeness (QED) is 0.593. The van der Waals surface area contributed by atoms with Gasteiger partial charge in [-0.3, -0.25) is 9.59 Å². The van der Waals surface area contributed by atoms with Crippen molar-refractivity contribution in [1.82, 2.24) is 5.32 Å². The van der Waals surface area contributed by atoms with Gasteiger partial charge in [0.05, 0.1) is 13.2 Å². The molecule has 0 heterocycles. The van der Waals surface area contributed by atoms with Gasteiger partial charge in [-0.25, -0.2) is 4.79 Å². The van der Waals surface area contributed by atoms with Crippen molar-refractivity contribution in [2.24, 2.45) is 0 Å². The Morgan fingerprint density at radius 2 is 1.89 bits per heavy atom. The SMILES string of the molecule is COC(=O)CC[C@H](NC(=O)COC(C)C)C(=O)O. The minimum absolute atomic E-state index is 0.0184. The van der Waals surface area contributed by atoms with Gasteiger partial charge in [0, 0.05) is 6.42 Å². The number of carboxylic acid groups (broad SMARTS) is 1. The van der Waals surface area contributed by atoms with Crippen LogP contribution in [0.4, 0.5) is 0 Å². The number of carbonyl (C=O) groups excluding carboxylic acids is 2. The zero-order chi connectivity index (χ0) is 14.1. The van der Waals surface area contributed by atoms with Crippen LogP contribution in [-0.2, 0) is 23.9 Å². The van der Waals surface area contributed by atoms with Crippen LogP contribution in [0.3, 0.4) is 0 Å². The highest BCUT2D eigenvalue weighted by molar-refractivity contribution is 5.84. The third-order valence-corrected chi connectivity index (χ3v) is 2.05. The van der Waals surface area contributed by atoms with Crippen LogP contribution in [0.15, 0.2) is 0 Å². The molecule has 0 unspecified atom stereocenters. The second-order valence-electron chi connectivity index (χ2n) is 3.93. The summed E-state index contributed by atoms with van der Waals surface area (Å²) in [5, 5.41) is 11.2. The summed E-state index contributed by atoms with van der Waals surface area (Å²) in [5.74, 6) is -2.24. The van der Waals surface area contributed by atoms with Crippen LogP contribution >= 0.6 is 0 Å². The third kappa shape index (κ3) is 7.61. The Labute approximate surface area is 105 Å². The van der Waals surface area contributed by atoms with E-state index in [2.05, 4.69) is 10.1 Å². The van der Waals surface area contributed by atoms with Crippen molar-refractivity contribution in [3.8, 4) is 0 Å². The average molecular weight is 261 g/mol. The van der Waals surface area contributed by atoms with Gasteiger partial charge in [-0.1, -0.05) is 0 Å². The minimum atomic E-state index is -1.20. The van der Waals surface area contributed by atoms with Crippen LogP contribution in [0.25, 0.3) is 0 Å². The summed E-state index contributed by atoms with van der Waals surface area (Å²) in [7, 11) is 1.22. The second-order valence-corrected chi connectivity index (χ2v) is 3.93. The Hall–Kier alpha value is -1.63. The number of nitrogens with one attached hydrogen (secondary N) is 1. The Balaban J connectivity index is 4.15. The van der Waals surface area contributed by atoms with E-state index in [9.17, 15) is 14.4 Å².